The summed E-state index contributed by atoms with van der Waals surface area (Å²) >= 11 is 0. The van der Waals surface area contributed by atoms with Gasteiger partial charge in [0.05, 0.1) is 0 Å². The molecule has 0 radical (unpaired) electrons. The minimum Gasteiger partial charge on any atom is -0.485 e. The van der Waals surface area contributed by atoms with Crippen LogP contribution in [-0.4, -0.2) is 16.4 Å². The summed E-state index contributed by atoms with van der Waals surface area (Å²) < 4.78 is 11.0. The van der Waals surface area contributed by atoms with Crippen LogP contribution in [0.1, 0.15) is 52.0 Å². The minimum absolute atomic E-state index is 0.276. The van der Waals surface area contributed by atoms with Gasteiger partial charge >= 0.3 is 0 Å². The lowest BCUT2D eigenvalue weighted by atomic mass is 10.1. The second-order valence-corrected chi connectivity index (χ2v) is 5.21. The second-order valence-electron chi connectivity index (χ2n) is 5.21. The zero-order valence-corrected chi connectivity index (χ0v) is 11.5. The number of carbonyl (C=O) groups is 1. The molecule has 0 atom stereocenters. The zero-order chi connectivity index (χ0) is 14.1. The molecule has 1 aliphatic carbocycles. The van der Waals surface area contributed by atoms with Gasteiger partial charge in [-0.1, -0.05) is 5.16 Å². The number of rotatable bonds is 5. The van der Waals surface area contributed by atoms with E-state index in [9.17, 15) is 4.79 Å². The van der Waals surface area contributed by atoms with Crippen molar-refractivity contribution in [1.29, 1.82) is 0 Å². The summed E-state index contributed by atoms with van der Waals surface area (Å²) in [6, 6.07) is 3.61. The van der Waals surface area contributed by atoms with E-state index in [1.54, 1.807) is 12.1 Å². The van der Waals surface area contributed by atoms with Crippen molar-refractivity contribution in [1.82, 2.24) is 10.1 Å². The summed E-state index contributed by atoms with van der Waals surface area (Å²) in [4.78, 5) is 15.1. The number of aryl methyl sites for hydroxylation is 2. The molecule has 0 bridgehead atoms. The molecule has 1 heterocycles. The number of hydrogen-bond donors (Lipinski definition) is 0. The molecule has 0 spiro atoms. The maximum Gasteiger partial charge on any atom is 0.229 e. The first-order chi connectivity index (χ1) is 9.67. The Morgan fingerprint density at radius 1 is 1.35 bits per heavy atom. The zero-order valence-electron chi connectivity index (χ0n) is 11.5. The first kappa shape index (κ1) is 12.8. The van der Waals surface area contributed by atoms with Crippen LogP contribution in [0.15, 0.2) is 16.7 Å². The highest BCUT2D eigenvalue weighted by molar-refractivity contribution is 5.76. The summed E-state index contributed by atoms with van der Waals surface area (Å²) in [5.74, 6) is 2.50. The highest BCUT2D eigenvalue weighted by Gasteiger charge is 2.29. The van der Waals surface area contributed by atoms with E-state index in [2.05, 4.69) is 10.1 Å². The Balaban J connectivity index is 1.72. The summed E-state index contributed by atoms with van der Waals surface area (Å²) in [6.07, 6.45) is 3.10. The van der Waals surface area contributed by atoms with Crippen molar-refractivity contribution < 1.29 is 14.1 Å². The van der Waals surface area contributed by atoms with Crippen LogP contribution in [0.3, 0.4) is 0 Å². The number of ether oxygens (including phenoxy) is 1. The molecule has 1 aromatic carbocycles. The van der Waals surface area contributed by atoms with Gasteiger partial charge < -0.3 is 9.26 Å². The van der Waals surface area contributed by atoms with E-state index in [4.69, 9.17) is 9.26 Å². The molecule has 0 amide bonds. The highest BCUT2D eigenvalue weighted by atomic mass is 16.5. The SMILES string of the molecule is Cc1cc(C=O)cc(C)c1OCc1noc(C2CC2)n1. The lowest BCUT2D eigenvalue weighted by Gasteiger charge is -2.11. The number of hydrogen-bond acceptors (Lipinski definition) is 5. The van der Waals surface area contributed by atoms with E-state index in [1.165, 1.54) is 0 Å². The van der Waals surface area contributed by atoms with Crippen molar-refractivity contribution in [3.8, 4) is 5.75 Å². The molecule has 1 fully saturated rings. The largest absolute Gasteiger partial charge is 0.485 e. The van der Waals surface area contributed by atoms with Gasteiger partial charge in [0.1, 0.15) is 12.0 Å². The maximum absolute atomic E-state index is 10.8. The van der Waals surface area contributed by atoms with E-state index in [0.717, 1.165) is 36.0 Å². The Hall–Kier alpha value is -2.17. The van der Waals surface area contributed by atoms with Crippen LogP contribution in [-0.2, 0) is 6.61 Å². The molecule has 104 valence electrons. The minimum atomic E-state index is 0.276. The van der Waals surface area contributed by atoms with Crippen LogP contribution in [0, 0.1) is 13.8 Å². The topological polar surface area (TPSA) is 65.2 Å². The number of carbonyl (C=O) groups excluding carboxylic acids is 1. The Morgan fingerprint density at radius 3 is 2.65 bits per heavy atom. The molecule has 0 saturated heterocycles. The van der Waals surface area contributed by atoms with E-state index in [-0.39, 0.29) is 6.61 Å². The van der Waals surface area contributed by atoms with Crippen LogP contribution in [0.25, 0.3) is 0 Å². The van der Waals surface area contributed by atoms with Gasteiger partial charge in [0.2, 0.25) is 11.7 Å². The fourth-order valence-corrected chi connectivity index (χ4v) is 2.24. The molecule has 1 aromatic heterocycles. The molecule has 20 heavy (non-hydrogen) atoms. The lowest BCUT2D eigenvalue weighted by Crippen LogP contribution is -2.01. The van der Waals surface area contributed by atoms with E-state index in [1.807, 2.05) is 13.8 Å². The molecule has 3 rings (SSSR count). The molecular weight excluding hydrogens is 256 g/mol. The van der Waals surface area contributed by atoms with Crippen molar-refractivity contribution in [2.45, 2.75) is 39.2 Å². The summed E-state index contributed by atoms with van der Waals surface area (Å²) in [7, 11) is 0. The fourth-order valence-electron chi connectivity index (χ4n) is 2.24. The quantitative estimate of drug-likeness (QED) is 0.783. The number of aromatic nitrogens is 2. The first-order valence-corrected chi connectivity index (χ1v) is 6.69. The average Bonchev–Trinajstić information content (AvgIpc) is 3.17. The third-order valence-electron chi connectivity index (χ3n) is 3.37. The van der Waals surface area contributed by atoms with E-state index < -0.39 is 0 Å². The van der Waals surface area contributed by atoms with Crippen LogP contribution in [0.2, 0.25) is 0 Å². The third-order valence-corrected chi connectivity index (χ3v) is 3.37. The van der Waals surface area contributed by atoms with Crippen molar-refractivity contribution >= 4 is 6.29 Å². The van der Waals surface area contributed by atoms with Crippen molar-refractivity contribution in [2.75, 3.05) is 0 Å². The molecular formula is C15H16N2O3. The van der Waals surface area contributed by atoms with E-state index >= 15 is 0 Å². The molecule has 5 nitrogen and oxygen atoms in total. The first-order valence-electron chi connectivity index (χ1n) is 6.69. The van der Waals surface area contributed by atoms with Crippen molar-refractivity contribution in [3.05, 3.63) is 40.5 Å². The molecule has 1 saturated carbocycles. The van der Waals surface area contributed by atoms with Crippen LogP contribution < -0.4 is 4.74 Å². The molecule has 0 N–H and O–H groups in total. The molecule has 5 heteroatoms. The van der Waals surface area contributed by atoms with Gasteiger partial charge in [-0.25, -0.2) is 0 Å². The van der Waals surface area contributed by atoms with Gasteiger partial charge in [0.25, 0.3) is 0 Å². The van der Waals surface area contributed by atoms with Gasteiger partial charge in [0.15, 0.2) is 6.61 Å². The monoisotopic (exact) mass is 272 g/mol. The predicted molar refractivity (Wildman–Crippen MR) is 71.9 cm³/mol. The number of nitrogens with zero attached hydrogens (tertiary/aromatic N) is 2. The standard InChI is InChI=1S/C15H16N2O3/c1-9-5-11(7-18)6-10(2)14(9)19-8-13-16-15(20-17-13)12-3-4-12/h5-7,12H,3-4,8H2,1-2H3. The summed E-state index contributed by atoms with van der Waals surface area (Å²) in [5, 5.41) is 3.92. The van der Waals surface area contributed by atoms with Crippen LogP contribution in [0.5, 0.6) is 5.75 Å². The normalized spacial score (nSPS) is 14.3. The Kier molecular flexibility index (Phi) is 3.26. The van der Waals surface area contributed by atoms with Gasteiger partial charge in [-0.15, -0.1) is 0 Å². The van der Waals surface area contributed by atoms with Gasteiger partial charge in [-0.2, -0.15) is 4.98 Å². The summed E-state index contributed by atoms with van der Waals surface area (Å²) in [6.45, 7) is 4.11. The van der Waals surface area contributed by atoms with Gasteiger partial charge in [0, 0.05) is 11.5 Å². The van der Waals surface area contributed by atoms with Crippen LogP contribution in [0.4, 0.5) is 0 Å². The van der Waals surface area contributed by atoms with E-state index in [0.29, 0.717) is 23.2 Å². The number of benzene rings is 1. The molecule has 2 aromatic rings. The summed E-state index contributed by atoms with van der Waals surface area (Å²) in [5.41, 5.74) is 2.51. The second kappa shape index (κ2) is 5.07. The molecule has 0 aliphatic heterocycles. The highest BCUT2D eigenvalue weighted by Crippen LogP contribution is 2.38. The average molecular weight is 272 g/mol. The lowest BCUT2D eigenvalue weighted by molar-refractivity contribution is 0.112. The van der Waals surface area contributed by atoms with Crippen molar-refractivity contribution in [3.63, 3.8) is 0 Å². The molecule has 0 unspecified atom stereocenters. The Bertz CT molecular complexity index is 621. The number of aldehydes is 1. The fraction of sp³-hybridized carbons (Fsp3) is 0.400. The van der Waals surface area contributed by atoms with Gasteiger partial charge in [-0.3, -0.25) is 4.79 Å². The Labute approximate surface area is 116 Å². The van der Waals surface area contributed by atoms with Crippen LogP contribution >= 0.6 is 0 Å². The van der Waals surface area contributed by atoms with Gasteiger partial charge in [-0.05, 0) is 49.9 Å². The Morgan fingerprint density at radius 2 is 2.05 bits per heavy atom. The maximum atomic E-state index is 10.8. The molecule has 1 aliphatic rings. The third kappa shape index (κ3) is 2.57. The van der Waals surface area contributed by atoms with Crippen molar-refractivity contribution in [2.24, 2.45) is 0 Å². The predicted octanol–water partition coefficient (Wildman–Crippen LogP) is 2.96. The smallest absolute Gasteiger partial charge is 0.229 e.